The zero-order valence-corrected chi connectivity index (χ0v) is 19.4. The summed E-state index contributed by atoms with van der Waals surface area (Å²) in [6, 6.07) is 11.2. The normalized spacial score (nSPS) is 13.5. The number of hydrogen-bond acceptors (Lipinski definition) is 6. The van der Waals surface area contributed by atoms with Crippen LogP contribution in [0.1, 0.15) is 32.2 Å². The smallest absolute Gasteiger partial charge is 0.269 e. The van der Waals surface area contributed by atoms with E-state index in [0.717, 1.165) is 40.7 Å². The summed E-state index contributed by atoms with van der Waals surface area (Å²) in [6.45, 7) is 2.28. The van der Waals surface area contributed by atoms with Crippen LogP contribution in [0.3, 0.4) is 0 Å². The first-order valence-corrected chi connectivity index (χ1v) is 11.5. The largest absolute Gasteiger partial charge is 0.354 e. The Morgan fingerprint density at radius 2 is 1.91 bits per heavy atom. The van der Waals surface area contributed by atoms with Gasteiger partial charge in [-0.2, -0.15) is 5.10 Å². The molecule has 1 aliphatic heterocycles. The van der Waals surface area contributed by atoms with Crippen LogP contribution in [-0.4, -0.2) is 63.2 Å². The summed E-state index contributed by atoms with van der Waals surface area (Å²) in [5, 5.41) is 8.99. The van der Waals surface area contributed by atoms with Crippen LogP contribution in [0.25, 0.3) is 21.9 Å². The lowest BCUT2D eigenvalue weighted by Crippen LogP contribution is -2.35. The van der Waals surface area contributed by atoms with Crippen molar-refractivity contribution in [2.75, 3.05) is 26.8 Å². The highest BCUT2D eigenvalue weighted by Crippen LogP contribution is 2.29. The number of aromatic nitrogens is 4. The molecule has 4 heterocycles. The van der Waals surface area contributed by atoms with Gasteiger partial charge in [0, 0.05) is 61.3 Å². The first-order chi connectivity index (χ1) is 17.1. The number of carbonyl (C=O) groups is 2. The molecule has 0 saturated carbocycles. The summed E-state index contributed by atoms with van der Waals surface area (Å²) in [7, 11) is 1.53. The van der Waals surface area contributed by atoms with Crippen molar-refractivity contribution in [1.82, 2.24) is 30.0 Å². The van der Waals surface area contributed by atoms with E-state index in [2.05, 4.69) is 31.3 Å². The molecule has 5 rings (SSSR count). The molecule has 0 unspecified atom stereocenters. The van der Waals surface area contributed by atoms with Crippen LogP contribution < -0.4 is 5.32 Å². The Hall–Kier alpha value is -3.98. The fourth-order valence-electron chi connectivity index (χ4n) is 4.39. The summed E-state index contributed by atoms with van der Waals surface area (Å²) < 4.78 is 14.9. The maximum atomic E-state index is 12.9. The van der Waals surface area contributed by atoms with Gasteiger partial charge in [0.2, 0.25) is 0 Å². The maximum absolute atomic E-state index is 12.9. The SMILES string of the molecule is CNC(=O)c1ccc(C(=O)Cc2cc3cc(-c4cnn5c4CN(CCF)CC5)ccc3cn2)cn1. The first-order valence-electron chi connectivity index (χ1n) is 11.5. The molecular formula is C26H25FN6O2. The van der Waals surface area contributed by atoms with Crippen LogP contribution >= 0.6 is 0 Å². The molecule has 1 N–H and O–H groups in total. The van der Waals surface area contributed by atoms with Gasteiger partial charge in [0.05, 0.1) is 24.9 Å². The predicted molar refractivity (Wildman–Crippen MR) is 130 cm³/mol. The number of carbonyl (C=O) groups excluding carboxylic acids is 2. The molecule has 1 aliphatic rings. The molecule has 3 aromatic heterocycles. The number of alkyl halides is 1. The van der Waals surface area contributed by atoms with Gasteiger partial charge < -0.3 is 5.32 Å². The van der Waals surface area contributed by atoms with Gasteiger partial charge in [0.25, 0.3) is 5.91 Å². The van der Waals surface area contributed by atoms with Gasteiger partial charge in [0.15, 0.2) is 5.78 Å². The van der Waals surface area contributed by atoms with E-state index in [0.29, 0.717) is 24.3 Å². The molecule has 0 aliphatic carbocycles. The molecule has 0 radical (unpaired) electrons. The molecule has 1 aromatic carbocycles. The van der Waals surface area contributed by atoms with E-state index < -0.39 is 0 Å². The predicted octanol–water partition coefficient (Wildman–Crippen LogP) is 3.06. The molecule has 35 heavy (non-hydrogen) atoms. The number of ketones is 1. The van der Waals surface area contributed by atoms with Crippen molar-refractivity contribution in [3.63, 3.8) is 0 Å². The number of benzene rings is 1. The second-order valence-corrected chi connectivity index (χ2v) is 8.54. The van der Waals surface area contributed by atoms with Gasteiger partial charge in [-0.05, 0) is 35.2 Å². The average Bonchev–Trinajstić information content (AvgIpc) is 3.31. The van der Waals surface area contributed by atoms with E-state index in [1.165, 1.54) is 19.3 Å². The molecular weight excluding hydrogens is 447 g/mol. The Balaban J connectivity index is 1.38. The van der Waals surface area contributed by atoms with E-state index in [1.807, 2.05) is 29.1 Å². The summed E-state index contributed by atoms with van der Waals surface area (Å²) in [5.74, 6) is -0.423. The Labute approximate surface area is 201 Å². The van der Waals surface area contributed by atoms with Crippen molar-refractivity contribution in [1.29, 1.82) is 0 Å². The highest BCUT2D eigenvalue weighted by atomic mass is 19.1. The number of hydrogen-bond donors (Lipinski definition) is 1. The number of fused-ring (bicyclic) bond motifs is 2. The third kappa shape index (κ3) is 4.67. The third-order valence-electron chi connectivity index (χ3n) is 6.33. The quantitative estimate of drug-likeness (QED) is 0.416. The number of amides is 1. The fourth-order valence-corrected chi connectivity index (χ4v) is 4.39. The van der Waals surface area contributed by atoms with Gasteiger partial charge >= 0.3 is 0 Å². The van der Waals surface area contributed by atoms with Crippen LogP contribution in [0.2, 0.25) is 0 Å². The number of halogens is 1. The van der Waals surface area contributed by atoms with E-state index in [1.54, 1.807) is 12.3 Å². The minimum Gasteiger partial charge on any atom is -0.354 e. The molecule has 0 bridgehead atoms. The lowest BCUT2D eigenvalue weighted by atomic mass is 10.0. The fraction of sp³-hybridized carbons (Fsp3) is 0.269. The second kappa shape index (κ2) is 9.71. The second-order valence-electron chi connectivity index (χ2n) is 8.54. The van der Waals surface area contributed by atoms with E-state index in [-0.39, 0.29) is 30.5 Å². The zero-order valence-electron chi connectivity index (χ0n) is 19.4. The lowest BCUT2D eigenvalue weighted by Gasteiger charge is -2.27. The molecule has 4 aromatic rings. The van der Waals surface area contributed by atoms with Crippen LogP contribution in [0.5, 0.6) is 0 Å². The van der Waals surface area contributed by atoms with Crippen molar-refractivity contribution < 1.29 is 14.0 Å². The Bertz CT molecular complexity index is 1400. The molecule has 9 heteroatoms. The zero-order chi connectivity index (χ0) is 24.4. The Morgan fingerprint density at radius 1 is 1.03 bits per heavy atom. The van der Waals surface area contributed by atoms with Gasteiger partial charge in [0.1, 0.15) is 12.4 Å². The number of nitrogens with one attached hydrogen (secondary N) is 1. The molecule has 0 spiro atoms. The summed E-state index contributed by atoms with van der Waals surface area (Å²) in [5.41, 5.74) is 4.49. The Morgan fingerprint density at radius 3 is 2.69 bits per heavy atom. The topological polar surface area (TPSA) is 93.0 Å². The molecule has 0 saturated heterocycles. The third-order valence-corrected chi connectivity index (χ3v) is 6.33. The lowest BCUT2D eigenvalue weighted by molar-refractivity contribution is 0.0953. The number of rotatable bonds is 7. The number of pyridine rings is 2. The molecule has 0 fully saturated rings. The van der Waals surface area contributed by atoms with Gasteiger partial charge in [-0.25, -0.2) is 4.39 Å². The highest BCUT2D eigenvalue weighted by molar-refractivity contribution is 5.99. The van der Waals surface area contributed by atoms with Crippen molar-refractivity contribution in [3.8, 4) is 11.1 Å². The van der Waals surface area contributed by atoms with Crippen molar-refractivity contribution in [2.24, 2.45) is 0 Å². The standard InChI is InChI=1S/C26H25FN6O2/c1-28-26(35)23-5-4-19(14-30-23)25(34)12-21-11-20-10-17(2-3-18(20)13-29-21)22-15-31-33-9-8-32(7-6-27)16-24(22)33/h2-5,10-11,13-15H,6-9,12,16H2,1H3,(H,28,35). The van der Waals surface area contributed by atoms with Crippen LogP contribution in [-0.2, 0) is 19.5 Å². The monoisotopic (exact) mass is 472 g/mol. The van der Waals surface area contributed by atoms with Crippen molar-refractivity contribution in [2.45, 2.75) is 19.5 Å². The van der Waals surface area contributed by atoms with Crippen molar-refractivity contribution >= 4 is 22.5 Å². The van der Waals surface area contributed by atoms with Crippen LogP contribution in [0.4, 0.5) is 4.39 Å². The minimum atomic E-state index is -0.359. The first kappa shape index (κ1) is 22.8. The van der Waals surface area contributed by atoms with E-state index in [9.17, 15) is 14.0 Å². The van der Waals surface area contributed by atoms with Gasteiger partial charge in [-0.1, -0.05) is 12.1 Å². The minimum absolute atomic E-state index is 0.123. The number of Topliss-reactive ketones (excluding diaryl/α,β-unsaturated/α-hetero) is 1. The van der Waals surface area contributed by atoms with Crippen LogP contribution in [0.15, 0.2) is 55.0 Å². The number of nitrogens with zero attached hydrogens (tertiary/aromatic N) is 5. The molecule has 178 valence electrons. The molecule has 1 amide bonds. The Kier molecular flexibility index (Phi) is 6.33. The maximum Gasteiger partial charge on any atom is 0.269 e. The molecule has 0 atom stereocenters. The summed E-state index contributed by atoms with van der Waals surface area (Å²) >= 11 is 0. The van der Waals surface area contributed by atoms with Crippen LogP contribution in [0, 0.1) is 0 Å². The van der Waals surface area contributed by atoms with E-state index in [4.69, 9.17) is 0 Å². The summed E-state index contributed by atoms with van der Waals surface area (Å²) in [6.07, 6.45) is 5.19. The highest BCUT2D eigenvalue weighted by Gasteiger charge is 2.21. The average molecular weight is 473 g/mol. The summed E-state index contributed by atoms with van der Waals surface area (Å²) in [4.78, 5) is 35.1. The van der Waals surface area contributed by atoms with Gasteiger partial charge in [-0.3, -0.25) is 29.1 Å². The molecule has 8 nitrogen and oxygen atoms in total. The van der Waals surface area contributed by atoms with E-state index >= 15 is 0 Å². The van der Waals surface area contributed by atoms with Gasteiger partial charge in [-0.15, -0.1) is 0 Å². The van der Waals surface area contributed by atoms with Crippen molar-refractivity contribution in [3.05, 3.63) is 77.6 Å².